The van der Waals surface area contributed by atoms with Gasteiger partial charge in [0.15, 0.2) is 11.5 Å². The number of nitrogens with zero attached hydrogens (tertiary/aromatic N) is 1. The van der Waals surface area contributed by atoms with Crippen molar-refractivity contribution in [1.29, 1.82) is 0 Å². The lowest BCUT2D eigenvalue weighted by Gasteiger charge is -2.44. The first-order valence-corrected chi connectivity index (χ1v) is 10.2. The summed E-state index contributed by atoms with van der Waals surface area (Å²) in [4.78, 5) is 2.40. The van der Waals surface area contributed by atoms with Gasteiger partial charge in [0.25, 0.3) is 10.1 Å². The van der Waals surface area contributed by atoms with Gasteiger partial charge in [-0.15, -0.1) is 0 Å². The Bertz CT molecular complexity index is 858. The van der Waals surface area contributed by atoms with Gasteiger partial charge in [-0.25, -0.2) is 0 Å². The summed E-state index contributed by atoms with van der Waals surface area (Å²) >= 11 is 0. The van der Waals surface area contributed by atoms with E-state index in [4.69, 9.17) is 14.0 Å². The van der Waals surface area contributed by atoms with Gasteiger partial charge in [0.2, 0.25) is 6.79 Å². The molecule has 5 rings (SSSR count). The van der Waals surface area contributed by atoms with Crippen molar-refractivity contribution >= 4 is 10.1 Å². The number of benzene rings is 1. The first-order chi connectivity index (χ1) is 12.2. The first kappa shape index (κ1) is 17.7. The maximum atomic E-state index is 10.5. The molecule has 0 unspecified atom stereocenters. The zero-order valence-corrected chi connectivity index (χ0v) is 15.0. The van der Waals surface area contributed by atoms with Gasteiger partial charge in [-0.1, -0.05) is 11.6 Å². The van der Waals surface area contributed by atoms with E-state index in [0.29, 0.717) is 6.26 Å². The monoisotopic (exact) mass is 383 g/mol. The maximum Gasteiger partial charge on any atom is 0.261 e. The standard InChI is InChI=1S/C16H17NO4.CH4O3S/c18-11-3-8-1-2-17-6-9-4-12-13(21-7-20-12)5-10(9)14(15(8)17)16(11)19;1-5(2,3)4/h3-5,11,14-16,18-19H,1-2,6-7H2;1H3,(H,2,3,4)/t11-,14-,15+,16+;/m0./s1. The normalized spacial score (nSPS) is 31.5. The molecular formula is C17H21NO7S. The Morgan fingerprint density at radius 1 is 1.19 bits per heavy atom. The summed E-state index contributed by atoms with van der Waals surface area (Å²) in [7, 11) is -3.67. The van der Waals surface area contributed by atoms with Gasteiger partial charge in [0, 0.05) is 25.0 Å². The van der Waals surface area contributed by atoms with Gasteiger partial charge in [0.1, 0.15) is 0 Å². The molecule has 8 nitrogen and oxygen atoms in total. The molecule has 4 atom stereocenters. The minimum atomic E-state index is -3.67. The Hall–Kier alpha value is -1.65. The van der Waals surface area contributed by atoms with Gasteiger partial charge in [-0.3, -0.25) is 9.45 Å². The van der Waals surface area contributed by atoms with E-state index < -0.39 is 22.3 Å². The number of hydrogen-bond acceptors (Lipinski definition) is 7. The summed E-state index contributed by atoms with van der Waals surface area (Å²) in [6.45, 7) is 2.11. The molecule has 3 N–H and O–H groups in total. The third-order valence-corrected chi connectivity index (χ3v) is 5.27. The fourth-order valence-corrected chi connectivity index (χ4v) is 4.35. The second-order valence-corrected chi connectivity index (χ2v) is 8.52. The summed E-state index contributed by atoms with van der Waals surface area (Å²) in [5.74, 6) is 1.45. The minimum Gasteiger partial charge on any atom is -0.454 e. The lowest BCUT2D eigenvalue weighted by atomic mass is 9.73. The molecular weight excluding hydrogens is 362 g/mol. The molecule has 0 aromatic heterocycles. The van der Waals surface area contributed by atoms with Crippen LogP contribution in [0.25, 0.3) is 0 Å². The molecule has 1 aromatic carbocycles. The molecule has 4 aliphatic rings. The highest BCUT2D eigenvalue weighted by atomic mass is 32.2. The lowest BCUT2D eigenvalue weighted by molar-refractivity contribution is -0.00157. The average Bonchev–Trinajstić information content (AvgIpc) is 3.14. The van der Waals surface area contributed by atoms with E-state index >= 15 is 0 Å². The number of rotatable bonds is 0. The summed E-state index contributed by atoms with van der Waals surface area (Å²) in [5, 5.41) is 20.7. The van der Waals surface area contributed by atoms with Crippen LogP contribution in [0.4, 0.5) is 0 Å². The lowest BCUT2D eigenvalue weighted by Crippen LogP contribution is -2.49. The molecule has 1 aliphatic carbocycles. The molecule has 142 valence electrons. The minimum absolute atomic E-state index is 0.0826. The number of hydrogen-bond donors (Lipinski definition) is 3. The fraction of sp³-hybridized carbons (Fsp3) is 0.529. The molecule has 0 bridgehead atoms. The third-order valence-electron chi connectivity index (χ3n) is 5.27. The Balaban J connectivity index is 0.000000301. The first-order valence-electron chi connectivity index (χ1n) is 8.38. The number of ether oxygens (including phenoxy) is 2. The number of aliphatic hydroxyl groups is 2. The van der Waals surface area contributed by atoms with Crippen LogP contribution in [0, 0.1) is 0 Å². The molecule has 1 aromatic rings. The molecule has 1 saturated heterocycles. The van der Waals surface area contributed by atoms with Gasteiger partial charge >= 0.3 is 0 Å². The Morgan fingerprint density at radius 2 is 1.85 bits per heavy atom. The zero-order chi connectivity index (χ0) is 18.6. The Morgan fingerprint density at radius 3 is 2.54 bits per heavy atom. The highest BCUT2D eigenvalue weighted by Crippen LogP contribution is 2.49. The molecule has 26 heavy (non-hydrogen) atoms. The Labute approximate surface area is 151 Å². The van der Waals surface area contributed by atoms with E-state index in [9.17, 15) is 18.6 Å². The van der Waals surface area contributed by atoms with Crippen molar-refractivity contribution in [3.05, 3.63) is 34.9 Å². The van der Waals surface area contributed by atoms with Crippen LogP contribution in [-0.4, -0.2) is 65.9 Å². The van der Waals surface area contributed by atoms with E-state index in [1.165, 1.54) is 11.1 Å². The fourth-order valence-electron chi connectivity index (χ4n) is 4.35. The van der Waals surface area contributed by atoms with Crippen molar-refractivity contribution in [3.8, 4) is 11.5 Å². The average molecular weight is 383 g/mol. The van der Waals surface area contributed by atoms with Crippen LogP contribution in [0.15, 0.2) is 23.8 Å². The predicted octanol–water partition coefficient (Wildman–Crippen LogP) is 0.253. The molecule has 0 amide bonds. The van der Waals surface area contributed by atoms with E-state index in [-0.39, 0.29) is 18.8 Å². The highest BCUT2D eigenvalue weighted by molar-refractivity contribution is 7.85. The molecule has 3 aliphatic heterocycles. The molecule has 9 heteroatoms. The molecule has 1 fully saturated rings. The zero-order valence-electron chi connectivity index (χ0n) is 14.2. The van der Waals surface area contributed by atoms with Crippen molar-refractivity contribution in [1.82, 2.24) is 4.90 Å². The van der Waals surface area contributed by atoms with Crippen LogP contribution in [0.5, 0.6) is 11.5 Å². The molecule has 3 heterocycles. The van der Waals surface area contributed by atoms with Gasteiger partial charge < -0.3 is 19.7 Å². The smallest absolute Gasteiger partial charge is 0.261 e. The number of aliphatic hydroxyl groups excluding tert-OH is 2. The SMILES string of the molecule is CS(=O)(=O)O.O[C@H]1[C@H]2c3cc4c(cc3CN3CCC(=C[C@@H]1O)[C@H]23)OCO4. The van der Waals surface area contributed by atoms with Crippen molar-refractivity contribution < 1.29 is 32.7 Å². The topological polar surface area (TPSA) is 117 Å². The van der Waals surface area contributed by atoms with Crippen LogP contribution < -0.4 is 9.47 Å². The van der Waals surface area contributed by atoms with Crippen molar-refractivity contribution in [3.63, 3.8) is 0 Å². The van der Waals surface area contributed by atoms with Crippen molar-refractivity contribution in [2.24, 2.45) is 0 Å². The van der Waals surface area contributed by atoms with Crippen LogP contribution in [-0.2, 0) is 16.7 Å². The second-order valence-electron chi connectivity index (χ2n) is 7.05. The third kappa shape index (κ3) is 3.10. The largest absolute Gasteiger partial charge is 0.454 e. The van der Waals surface area contributed by atoms with E-state index in [1.54, 1.807) is 0 Å². The maximum absolute atomic E-state index is 10.5. The predicted molar refractivity (Wildman–Crippen MR) is 91.7 cm³/mol. The van der Waals surface area contributed by atoms with Gasteiger partial charge in [-0.2, -0.15) is 8.42 Å². The van der Waals surface area contributed by atoms with Crippen LogP contribution in [0.3, 0.4) is 0 Å². The van der Waals surface area contributed by atoms with E-state index in [2.05, 4.69) is 4.90 Å². The van der Waals surface area contributed by atoms with Crippen LogP contribution in [0.1, 0.15) is 23.5 Å². The number of fused-ring (bicyclic) bond motifs is 3. The summed E-state index contributed by atoms with van der Waals surface area (Å²) in [5.41, 5.74) is 3.54. The Kier molecular flexibility index (Phi) is 4.24. The van der Waals surface area contributed by atoms with E-state index in [1.807, 2.05) is 18.2 Å². The quantitative estimate of drug-likeness (QED) is 0.431. The van der Waals surface area contributed by atoms with Crippen molar-refractivity contribution in [2.45, 2.75) is 37.1 Å². The summed E-state index contributed by atoms with van der Waals surface area (Å²) in [6, 6.07) is 4.25. The van der Waals surface area contributed by atoms with E-state index in [0.717, 1.165) is 36.6 Å². The second kappa shape index (κ2) is 6.21. The van der Waals surface area contributed by atoms with Crippen LogP contribution >= 0.6 is 0 Å². The molecule has 0 saturated carbocycles. The highest BCUT2D eigenvalue weighted by Gasteiger charge is 2.48. The van der Waals surface area contributed by atoms with Crippen molar-refractivity contribution in [2.75, 3.05) is 19.6 Å². The summed E-state index contributed by atoms with van der Waals surface area (Å²) < 4.78 is 36.8. The molecule has 0 spiro atoms. The summed E-state index contributed by atoms with van der Waals surface area (Å²) in [6.07, 6.45) is 2.00. The van der Waals surface area contributed by atoms with Gasteiger partial charge in [-0.05, 0) is 29.7 Å². The van der Waals surface area contributed by atoms with Crippen LogP contribution in [0.2, 0.25) is 0 Å². The van der Waals surface area contributed by atoms with Gasteiger partial charge in [0.05, 0.1) is 18.5 Å². The molecule has 0 radical (unpaired) electrons.